The van der Waals surface area contributed by atoms with Gasteiger partial charge in [0.1, 0.15) is 12.6 Å². The van der Waals surface area contributed by atoms with E-state index in [1.165, 1.54) is 4.90 Å². The Morgan fingerprint density at radius 3 is 2.71 bits per heavy atom. The molecule has 1 saturated heterocycles. The molecule has 24 heavy (non-hydrogen) atoms. The Morgan fingerprint density at radius 1 is 1.50 bits per heavy atom. The lowest BCUT2D eigenvalue weighted by Gasteiger charge is -2.20. The summed E-state index contributed by atoms with van der Waals surface area (Å²) in [6.07, 6.45) is 1.55. The monoisotopic (exact) mass is 368 g/mol. The summed E-state index contributed by atoms with van der Waals surface area (Å²) in [5.74, 6) is -1.05. The number of rotatable bonds is 5. The second kappa shape index (κ2) is 8.09. The highest BCUT2D eigenvalue weighted by Crippen LogP contribution is 2.23. The van der Waals surface area contributed by atoms with Gasteiger partial charge in [-0.25, -0.2) is 9.59 Å². The van der Waals surface area contributed by atoms with Crippen molar-refractivity contribution in [2.45, 2.75) is 24.3 Å². The molecular weight excluding hydrogens is 352 g/mol. The molecule has 0 radical (unpaired) electrons. The maximum Gasteiger partial charge on any atom is 0.410 e. The second-order valence-electron chi connectivity index (χ2n) is 5.27. The zero-order valence-electron chi connectivity index (χ0n) is 12.9. The van der Waals surface area contributed by atoms with Gasteiger partial charge in [0.25, 0.3) is 0 Å². The molecule has 1 heterocycles. The predicted octanol–water partition coefficient (Wildman–Crippen LogP) is 2.50. The van der Waals surface area contributed by atoms with Gasteiger partial charge in [0.2, 0.25) is 0 Å². The fourth-order valence-corrected chi connectivity index (χ4v) is 3.65. The number of benzene rings is 1. The molecule has 0 bridgehead atoms. The van der Waals surface area contributed by atoms with Gasteiger partial charge >= 0.3 is 12.1 Å². The Labute approximate surface area is 145 Å². The van der Waals surface area contributed by atoms with Gasteiger partial charge in [-0.15, -0.1) is 9.45 Å². The van der Waals surface area contributed by atoms with Crippen LogP contribution in [0.3, 0.4) is 0 Å². The summed E-state index contributed by atoms with van der Waals surface area (Å²) in [5.41, 5.74) is 9.51. The maximum absolute atomic E-state index is 12.2. The van der Waals surface area contributed by atoms with Crippen LogP contribution >= 0.6 is 0 Å². The van der Waals surface area contributed by atoms with Crippen molar-refractivity contribution in [2.24, 2.45) is 5.11 Å². The van der Waals surface area contributed by atoms with E-state index in [9.17, 15) is 14.7 Å². The highest BCUT2D eigenvalue weighted by Gasteiger charge is 2.41. The normalized spacial score (nSPS) is 21.0. The van der Waals surface area contributed by atoms with Gasteiger partial charge < -0.3 is 9.84 Å². The molecule has 8 nitrogen and oxygen atoms in total. The average molecular weight is 368 g/mol. The first-order valence-electron chi connectivity index (χ1n) is 7.05. The summed E-state index contributed by atoms with van der Waals surface area (Å²) in [4.78, 5) is 27.5. The van der Waals surface area contributed by atoms with Gasteiger partial charge in [-0.05, 0) is 23.8 Å². The highest BCUT2D eigenvalue weighted by atomic mass is 32.8. The van der Waals surface area contributed by atoms with Crippen LogP contribution in [0, 0.1) is 0 Å². The van der Waals surface area contributed by atoms with Crippen molar-refractivity contribution in [3.05, 3.63) is 40.3 Å². The van der Waals surface area contributed by atoms with E-state index in [1.807, 2.05) is 6.26 Å². The molecule has 10 heteroatoms. The fourth-order valence-electron chi connectivity index (χ4n) is 2.41. The fraction of sp³-hybridized carbons (Fsp3) is 0.429. The SMILES string of the molecule is C[S@@](=S)[C@@H]1C[C@@H](C(=O)O)N(C(=O)OCc2ccc(N=[N+]=[N-])cc2)C1. The van der Waals surface area contributed by atoms with Crippen LogP contribution in [-0.4, -0.2) is 46.2 Å². The quantitative estimate of drug-likeness (QED) is 0.487. The lowest BCUT2D eigenvalue weighted by molar-refractivity contribution is -0.141. The van der Waals surface area contributed by atoms with Crippen molar-refractivity contribution < 1.29 is 19.4 Å². The minimum Gasteiger partial charge on any atom is -0.480 e. The van der Waals surface area contributed by atoms with Gasteiger partial charge in [0.05, 0.1) is 0 Å². The van der Waals surface area contributed by atoms with Crippen molar-refractivity contribution >= 4 is 38.4 Å². The molecule has 3 atom stereocenters. The van der Waals surface area contributed by atoms with Gasteiger partial charge in [-0.1, -0.05) is 40.6 Å². The molecule has 1 aliphatic rings. The maximum atomic E-state index is 12.2. The van der Waals surface area contributed by atoms with Crippen LogP contribution in [0.1, 0.15) is 12.0 Å². The highest BCUT2D eigenvalue weighted by molar-refractivity contribution is 8.28. The first-order chi connectivity index (χ1) is 11.4. The third-order valence-electron chi connectivity index (χ3n) is 3.71. The number of likely N-dealkylation sites (tertiary alicyclic amines) is 1. The van der Waals surface area contributed by atoms with Crippen molar-refractivity contribution in [3.8, 4) is 0 Å². The summed E-state index contributed by atoms with van der Waals surface area (Å²) >= 11 is 5.21. The van der Waals surface area contributed by atoms with Crippen LogP contribution in [0.25, 0.3) is 10.4 Å². The first-order valence-corrected chi connectivity index (χ1v) is 9.67. The molecule has 1 amide bonds. The molecule has 1 fully saturated rings. The Kier molecular flexibility index (Phi) is 6.13. The third-order valence-corrected chi connectivity index (χ3v) is 5.81. The molecule has 0 saturated carbocycles. The molecule has 1 N–H and O–H groups in total. The Balaban J connectivity index is 1.99. The number of hydrogen-bond acceptors (Lipinski definition) is 5. The minimum atomic E-state index is -1.05. The summed E-state index contributed by atoms with van der Waals surface area (Å²) < 4.78 is 5.21. The van der Waals surface area contributed by atoms with Crippen LogP contribution < -0.4 is 0 Å². The molecule has 2 rings (SSSR count). The third kappa shape index (κ3) is 4.44. The van der Waals surface area contributed by atoms with Crippen LogP contribution in [0.4, 0.5) is 10.5 Å². The lowest BCUT2D eigenvalue weighted by atomic mass is 10.2. The Morgan fingerprint density at radius 2 is 2.17 bits per heavy atom. The molecule has 128 valence electrons. The first kappa shape index (κ1) is 18.2. The van der Waals surface area contributed by atoms with E-state index in [2.05, 4.69) is 10.0 Å². The molecule has 1 aliphatic heterocycles. The van der Waals surface area contributed by atoms with Crippen molar-refractivity contribution in [1.82, 2.24) is 4.90 Å². The number of carboxylic acid groups (broad SMARTS) is 1. The number of ether oxygens (including phenoxy) is 1. The molecule has 0 spiro atoms. The van der Waals surface area contributed by atoms with Gasteiger partial charge in [-0.3, -0.25) is 4.90 Å². The molecule has 1 aromatic carbocycles. The molecule has 0 aliphatic carbocycles. The van der Waals surface area contributed by atoms with Crippen molar-refractivity contribution in [1.29, 1.82) is 0 Å². The smallest absolute Gasteiger partial charge is 0.410 e. The van der Waals surface area contributed by atoms with Gasteiger partial charge in [0.15, 0.2) is 0 Å². The summed E-state index contributed by atoms with van der Waals surface area (Å²) in [6, 6.07) is 5.66. The summed E-state index contributed by atoms with van der Waals surface area (Å²) in [6.45, 7) is 0.309. The van der Waals surface area contributed by atoms with Crippen molar-refractivity contribution in [2.75, 3.05) is 12.8 Å². The second-order valence-corrected chi connectivity index (χ2v) is 8.51. The number of carbonyl (C=O) groups is 2. The Hall–Kier alpha value is -2.16. The van der Waals surface area contributed by atoms with E-state index < -0.39 is 18.1 Å². The number of carboxylic acids is 1. The molecule has 0 aromatic heterocycles. The zero-order valence-corrected chi connectivity index (χ0v) is 14.5. The number of azide groups is 1. The van der Waals surface area contributed by atoms with Crippen LogP contribution in [0.2, 0.25) is 0 Å². The zero-order chi connectivity index (χ0) is 17.7. The predicted molar refractivity (Wildman–Crippen MR) is 92.6 cm³/mol. The van der Waals surface area contributed by atoms with E-state index in [0.717, 1.165) is 0 Å². The van der Waals surface area contributed by atoms with E-state index in [0.29, 0.717) is 24.2 Å². The topological polar surface area (TPSA) is 116 Å². The van der Waals surface area contributed by atoms with Gasteiger partial charge in [0, 0.05) is 22.4 Å². The molecular formula is C14H16N4O4S2. The lowest BCUT2D eigenvalue weighted by Crippen LogP contribution is -2.40. The van der Waals surface area contributed by atoms with Crippen LogP contribution in [0.15, 0.2) is 29.4 Å². The van der Waals surface area contributed by atoms with Gasteiger partial charge in [-0.2, -0.15) is 0 Å². The van der Waals surface area contributed by atoms with Crippen molar-refractivity contribution in [3.63, 3.8) is 0 Å². The van der Waals surface area contributed by atoms with E-state index in [1.54, 1.807) is 24.3 Å². The standard InChI is InChI=1S/C14H16N4O4S2/c1-24(23)11-6-12(13(19)20)18(7-11)14(21)22-8-9-2-4-10(5-3-9)16-17-15/h2-5,11-12H,6-8H2,1H3,(H,19,20)/t11-,12+,24-/m1/s1. The number of hydrogen-bond donors (Lipinski definition) is 1. The largest absolute Gasteiger partial charge is 0.480 e. The van der Waals surface area contributed by atoms with E-state index in [-0.39, 0.29) is 21.3 Å². The van der Waals surface area contributed by atoms with Crippen LogP contribution in [0.5, 0.6) is 0 Å². The number of aliphatic carboxylic acids is 1. The number of nitrogens with zero attached hydrogens (tertiary/aromatic N) is 4. The molecule has 0 unspecified atom stereocenters. The summed E-state index contributed by atoms with van der Waals surface area (Å²) in [7, 11) is -0.379. The Bertz CT molecular complexity index is 703. The van der Waals surface area contributed by atoms with Crippen LogP contribution in [-0.2, 0) is 36.8 Å². The minimum absolute atomic E-state index is 0.00298. The number of amides is 1. The van der Waals surface area contributed by atoms with E-state index >= 15 is 0 Å². The number of carbonyl (C=O) groups excluding carboxylic acids is 1. The molecule has 1 aromatic rings. The average Bonchev–Trinajstić information content (AvgIpc) is 3.00. The summed E-state index contributed by atoms with van der Waals surface area (Å²) in [5, 5.41) is 12.7. The van der Waals surface area contributed by atoms with E-state index in [4.69, 9.17) is 21.5 Å².